The monoisotopic (exact) mass is 364 g/mol. The highest BCUT2D eigenvalue weighted by Crippen LogP contribution is 2.65. The van der Waals surface area contributed by atoms with E-state index in [0.29, 0.717) is 5.41 Å². The minimum Gasteiger partial charge on any atom is -0.0996 e. The lowest BCUT2D eigenvalue weighted by molar-refractivity contribution is 0.104. The molecule has 0 aromatic rings. The Morgan fingerprint density at radius 1 is 1.15 bits per heavy atom. The van der Waals surface area contributed by atoms with Crippen LogP contribution < -0.4 is 0 Å². The predicted octanol–water partition coefficient (Wildman–Crippen LogP) is 8.20. The molecule has 0 aromatic carbocycles. The maximum absolute atomic E-state index is 4.43. The molecule has 0 bridgehead atoms. The van der Waals surface area contributed by atoms with E-state index in [1.807, 2.05) is 0 Å². The van der Waals surface area contributed by atoms with Crippen molar-refractivity contribution in [3.05, 3.63) is 59.8 Å². The maximum atomic E-state index is 4.43. The Morgan fingerprint density at radius 3 is 2.52 bits per heavy atom. The average Bonchev–Trinajstić information content (AvgIpc) is 2.99. The molecular formula is C27H40. The summed E-state index contributed by atoms with van der Waals surface area (Å²) in [6.45, 7) is 20.1. The fourth-order valence-corrected chi connectivity index (χ4v) is 6.51. The average molecular weight is 365 g/mol. The molecule has 0 nitrogen and oxygen atoms in total. The molecule has 0 N–H and O–H groups in total. The second-order valence-electron chi connectivity index (χ2n) is 9.75. The van der Waals surface area contributed by atoms with E-state index in [9.17, 15) is 0 Å². The third-order valence-electron chi connectivity index (χ3n) is 7.99. The molecular weight excluding hydrogens is 324 g/mol. The second-order valence-corrected chi connectivity index (χ2v) is 9.75. The van der Waals surface area contributed by atoms with E-state index in [1.165, 1.54) is 49.7 Å². The molecule has 0 radical (unpaired) electrons. The molecule has 2 unspecified atom stereocenters. The first-order chi connectivity index (χ1) is 12.8. The highest BCUT2D eigenvalue weighted by atomic mass is 14.6. The van der Waals surface area contributed by atoms with E-state index in [-0.39, 0.29) is 5.41 Å². The Bertz CT molecular complexity index is 700. The van der Waals surface area contributed by atoms with Gasteiger partial charge in [-0.1, -0.05) is 88.3 Å². The van der Waals surface area contributed by atoms with Crippen molar-refractivity contribution in [3.63, 3.8) is 0 Å². The van der Waals surface area contributed by atoms with Crippen molar-refractivity contribution in [3.8, 4) is 0 Å². The van der Waals surface area contributed by atoms with Crippen LogP contribution in [0.2, 0.25) is 0 Å². The van der Waals surface area contributed by atoms with Crippen LogP contribution in [0.3, 0.4) is 0 Å². The number of hydrogen-bond donors (Lipinski definition) is 0. The molecule has 0 spiro atoms. The summed E-state index contributed by atoms with van der Waals surface area (Å²) < 4.78 is 0. The van der Waals surface area contributed by atoms with Crippen LogP contribution in [0.1, 0.15) is 79.6 Å². The Balaban J connectivity index is 0.000000659. The first kappa shape index (κ1) is 20.4. The standard InChI is InChI=1S/C24H32.C3H8/c1-6-17(3)20-9-10-21-19-8-7-18-15-16(2)11-13-23(18,4)22(19)12-14-24(20,21)5;1-3-2/h11-13,15,19-21H,2-3,6-10,14H2,1,4-5H3;3H2,1-2H3/t19?,20-,21?,23+,24-;/m1./s1. The van der Waals surface area contributed by atoms with E-state index < -0.39 is 0 Å². The van der Waals surface area contributed by atoms with E-state index in [4.69, 9.17) is 0 Å². The van der Waals surface area contributed by atoms with Gasteiger partial charge in [-0.15, -0.1) is 0 Å². The van der Waals surface area contributed by atoms with Gasteiger partial charge in [0.25, 0.3) is 0 Å². The summed E-state index contributed by atoms with van der Waals surface area (Å²) in [7, 11) is 0. The zero-order valence-electron chi connectivity index (χ0n) is 18.4. The molecule has 0 heteroatoms. The van der Waals surface area contributed by atoms with Crippen LogP contribution in [0.25, 0.3) is 0 Å². The van der Waals surface area contributed by atoms with Gasteiger partial charge in [0.1, 0.15) is 0 Å². The smallest absolute Gasteiger partial charge is 0.0281 e. The Hall–Kier alpha value is -1.30. The third-order valence-corrected chi connectivity index (χ3v) is 7.99. The Labute approximate surface area is 168 Å². The van der Waals surface area contributed by atoms with Gasteiger partial charge in [0.15, 0.2) is 0 Å². The SMILES string of the molecule is C=C1C=C[C@@]2(C)C(=C1)CCC1C2=CC[C@@]2(C)C1CC[C@@H]2C(=C)CC.CCC. The van der Waals surface area contributed by atoms with E-state index in [2.05, 4.69) is 72.1 Å². The molecule has 0 aromatic heterocycles. The van der Waals surface area contributed by atoms with Crippen molar-refractivity contribution in [1.82, 2.24) is 0 Å². The molecule has 0 saturated heterocycles. The van der Waals surface area contributed by atoms with Gasteiger partial charge in [0.2, 0.25) is 0 Å². The first-order valence-electron chi connectivity index (χ1n) is 11.3. The molecule has 2 fully saturated rings. The summed E-state index contributed by atoms with van der Waals surface area (Å²) in [5, 5.41) is 0. The minimum absolute atomic E-state index is 0.158. The van der Waals surface area contributed by atoms with Gasteiger partial charge >= 0.3 is 0 Å². The van der Waals surface area contributed by atoms with Gasteiger partial charge in [-0.2, -0.15) is 0 Å². The highest BCUT2D eigenvalue weighted by molar-refractivity contribution is 5.50. The van der Waals surface area contributed by atoms with Gasteiger partial charge < -0.3 is 0 Å². The molecule has 4 rings (SSSR count). The second kappa shape index (κ2) is 7.61. The van der Waals surface area contributed by atoms with Crippen LogP contribution in [0.4, 0.5) is 0 Å². The molecule has 148 valence electrons. The fourth-order valence-electron chi connectivity index (χ4n) is 6.51. The number of allylic oxidation sites excluding steroid dienone is 8. The lowest BCUT2D eigenvalue weighted by atomic mass is 9.52. The lowest BCUT2D eigenvalue weighted by Crippen LogP contribution is -2.43. The van der Waals surface area contributed by atoms with Gasteiger partial charge in [-0.25, -0.2) is 0 Å². The Kier molecular flexibility index (Phi) is 5.76. The highest BCUT2D eigenvalue weighted by Gasteiger charge is 2.55. The molecule has 0 amide bonds. The van der Waals surface area contributed by atoms with Crippen LogP contribution in [0, 0.1) is 28.6 Å². The van der Waals surface area contributed by atoms with Crippen molar-refractivity contribution in [1.29, 1.82) is 0 Å². The van der Waals surface area contributed by atoms with Gasteiger partial charge in [0, 0.05) is 5.41 Å². The molecule has 27 heavy (non-hydrogen) atoms. The quantitative estimate of drug-likeness (QED) is 0.433. The summed E-state index contributed by atoms with van der Waals surface area (Å²) in [4.78, 5) is 0. The molecule has 4 aliphatic rings. The molecule has 2 saturated carbocycles. The zero-order chi connectivity index (χ0) is 19.8. The van der Waals surface area contributed by atoms with Crippen LogP contribution in [-0.4, -0.2) is 0 Å². The third kappa shape index (κ3) is 3.24. The fraction of sp³-hybridized carbons (Fsp3) is 0.630. The van der Waals surface area contributed by atoms with Crippen LogP contribution in [0.5, 0.6) is 0 Å². The van der Waals surface area contributed by atoms with Crippen molar-refractivity contribution in [2.75, 3.05) is 0 Å². The van der Waals surface area contributed by atoms with Crippen molar-refractivity contribution < 1.29 is 0 Å². The number of rotatable bonds is 2. The topological polar surface area (TPSA) is 0 Å². The maximum Gasteiger partial charge on any atom is 0.0281 e. The van der Waals surface area contributed by atoms with Gasteiger partial charge in [-0.3, -0.25) is 0 Å². The van der Waals surface area contributed by atoms with Crippen molar-refractivity contribution >= 4 is 0 Å². The number of fused-ring (bicyclic) bond motifs is 5. The normalized spacial score (nSPS) is 39.3. The summed E-state index contributed by atoms with van der Waals surface area (Å²) in [5.74, 6) is 2.36. The van der Waals surface area contributed by atoms with Crippen molar-refractivity contribution in [2.45, 2.75) is 79.6 Å². The lowest BCUT2D eigenvalue weighted by Gasteiger charge is -2.52. The summed E-state index contributed by atoms with van der Waals surface area (Å²) in [6.07, 6.45) is 18.6. The zero-order valence-corrected chi connectivity index (χ0v) is 18.4. The summed E-state index contributed by atoms with van der Waals surface area (Å²) in [6, 6.07) is 0. The van der Waals surface area contributed by atoms with Crippen molar-refractivity contribution in [2.24, 2.45) is 28.6 Å². The molecule has 5 atom stereocenters. The van der Waals surface area contributed by atoms with Crippen LogP contribution in [0.15, 0.2) is 59.8 Å². The van der Waals surface area contributed by atoms with Crippen LogP contribution >= 0.6 is 0 Å². The van der Waals surface area contributed by atoms with E-state index >= 15 is 0 Å². The van der Waals surface area contributed by atoms with Gasteiger partial charge in [-0.05, 0) is 74.2 Å². The van der Waals surface area contributed by atoms with Crippen LogP contribution in [-0.2, 0) is 0 Å². The summed E-state index contributed by atoms with van der Waals surface area (Å²) in [5.41, 5.74) is 6.57. The molecule has 0 heterocycles. The largest absolute Gasteiger partial charge is 0.0996 e. The minimum atomic E-state index is 0.158. The summed E-state index contributed by atoms with van der Waals surface area (Å²) >= 11 is 0. The Morgan fingerprint density at radius 2 is 1.85 bits per heavy atom. The van der Waals surface area contributed by atoms with E-state index in [0.717, 1.165) is 24.2 Å². The van der Waals surface area contributed by atoms with Gasteiger partial charge in [0.05, 0.1) is 0 Å². The number of hydrogen-bond acceptors (Lipinski definition) is 0. The predicted molar refractivity (Wildman–Crippen MR) is 120 cm³/mol. The molecule has 4 aliphatic carbocycles. The molecule has 0 aliphatic heterocycles. The first-order valence-corrected chi connectivity index (χ1v) is 11.3. The van der Waals surface area contributed by atoms with E-state index in [1.54, 1.807) is 11.1 Å².